The lowest BCUT2D eigenvalue weighted by atomic mass is 10.2. The number of nitrogens with one attached hydrogen (secondary N) is 1. The van der Waals surface area contributed by atoms with Crippen molar-refractivity contribution < 1.29 is 17.9 Å². The minimum absolute atomic E-state index is 0.0359. The third kappa shape index (κ3) is 3.72. The average Bonchev–Trinajstić information content (AvgIpc) is 2.39. The minimum Gasteiger partial charge on any atom is -0.497 e. The first-order valence-corrected chi connectivity index (χ1v) is 6.26. The van der Waals surface area contributed by atoms with E-state index in [-0.39, 0.29) is 5.02 Å². The highest BCUT2D eigenvalue weighted by molar-refractivity contribution is 6.33. The molecule has 0 unspecified atom stereocenters. The van der Waals surface area contributed by atoms with E-state index in [1.165, 1.54) is 13.2 Å². The number of halogens is 4. The first-order chi connectivity index (χ1) is 9.79. The topological polar surface area (TPSA) is 47.3 Å². The Hall–Kier alpha value is -2.08. The van der Waals surface area contributed by atoms with Crippen molar-refractivity contribution in [3.05, 3.63) is 47.0 Å². The van der Waals surface area contributed by atoms with Crippen molar-refractivity contribution >= 4 is 28.7 Å². The molecular weight excluding hydrogens is 305 g/mol. The lowest BCUT2D eigenvalue weighted by Gasteiger charge is -2.13. The molecule has 3 nitrogen and oxygen atoms in total. The number of anilines is 3. The van der Waals surface area contributed by atoms with Crippen LogP contribution in [0.2, 0.25) is 5.02 Å². The van der Waals surface area contributed by atoms with E-state index in [4.69, 9.17) is 22.1 Å². The van der Waals surface area contributed by atoms with E-state index >= 15 is 0 Å². The second-order valence-corrected chi connectivity index (χ2v) is 4.72. The van der Waals surface area contributed by atoms with Crippen molar-refractivity contribution in [2.75, 3.05) is 18.2 Å². The highest BCUT2D eigenvalue weighted by Crippen LogP contribution is 2.35. The Balaban J connectivity index is 2.30. The Morgan fingerprint density at radius 2 is 1.86 bits per heavy atom. The smallest absolute Gasteiger partial charge is 0.416 e. The van der Waals surface area contributed by atoms with Gasteiger partial charge in [-0.1, -0.05) is 11.6 Å². The van der Waals surface area contributed by atoms with Gasteiger partial charge in [0, 0.05) is 23.5 Å². The van der Waals surface area contributed by atoms with Gasteiger partial charge in [-0.05, 0) is 24.3 Å². The van der Waals surface area contributed by atoms with Gasteiger partial charge in [0.05, 0.1) is 23.4 Å². The van der Waals surface area contributed by atoms with Crippen molar-refractivity contribution in [3.63, 3.8) is 0 Å². The van der Waals surface area contributed by atoms with Gasteiger partial charge >= 0.3 is 6.18 Å². The molecule has 0 amide bonds. The largest absolute Gasteiger partial charge is 0.497 e. The van der Waals surface area contributed by atoms with Crippen LogP contribution in [0.4, 0.5) is 30.2 Å². The Morgan fingerprint density at radius 3 is 2.43 bits per heavy atom. The molecule has 0 bridgehead atoms. The maximum absolute atomic E-state index is 12.6. The molecule has 0 heterocycles. The first kappa shape index (κ1) is 15.3. The van der Waals surface area contributed by atoms with Gasteiger partial charge in [0.25, 0.3) is 0 Å². The average molecular weight is 317 g/mol. The van der Waals surface area contributed by atoms with Crippen LogP contribution in [0, 0.1) is 0 Å². The second-order valence-electron chi connectivity index (χ2n) is 4.31. The van der Waals surface area contributed by atoms with Crippen LogP contribution in [0.1, 0.15) is 5.56 Å². The van der Waals surface area contributed by atoms with Gasteiger partial charge in [-0.25, -0.2) is 0 Å². The van der Waals surface area contributed by atoms with E-state index in [0.717, 1.165) is 12.1 Å². The molecule has 21 heavy (non-hydrogen) atoms. The maximum atomic E-state index is 12.6. The molecule has 0 saturated carbocycles. The van der Waals surface area contributed by atoms with Crippen molar-refractivity contribution in [2.45, 2.75) is 6.18 Å². The van der Waals surface area contributed by atoms with Crippen molar-refractivity contribution in [3.8, 4) is 5.75 Å². The van der Waals surface area contributed by atoms with Crippen LogP contribution in [-0.4, -0.2) is 7.11 Å². The van der Waals surface area contributed by atoms with Crippen molar-refractivity contribution in [1.29, 1.82) is 0 Å². The molecular formula is C14H12ClF3N2O. The normalized spacial score (nSPS) is 11.3. The molecule has 112 valence electrons. The first-order valence-electron chi connectivity index (χ1n) is 5.88. The Labute approximate surface area is 124 Å². The predicted octanol–water partition coefficient (Wildman–Crippen LogP) is 4.69. The molecule has 0 saturated heterocycles. The maximum Gasteiger partial charge on any atom is 0.416 e. The number of rotatable bonds is 3. The van der Waals surface area contributed by atoms with Gasteiger partial charge < -0.3 is 15.8 Å². The summed E-state index contributed by atoms with van der Waals surface area (Å²) in [6.07, 6.45) is -4.43. The van der Waals surface area contributed by atoms with Gasteiger partial charge in [-0.15, -0.1) is 0 Å². The number of alkyl halides is 3. The molecule has 2 aromatic rings. The lowest BCUT2D eigenvalue weighted by molar-refractivity contribution is -0.137. The standard InChI is InChI=1S/C14H12ClF3N2O/c1-21-11-6-9(19)5-10(7-11)20-13-3-2-8(4-12(13)15)14(16,17)18/h2-7,20H,19H2,1H3. The predicted molar refractivity (Wildman–Crippen MR) is 77.1 cm³/mol. The third-order valence-corrected chi connectivity index (χ3v) is 3.05. The summed E-state index contributed by atoms with van der Waals surface area (Å²) in [6.45, 7) is 0. The van der Waals surface area contributed by atoms with Gasteiger partial charge in [-0.2, -0.15) is 13.2 Å². The molecule has 0 radical (unpaired) electrons. The summed E-state index contributed by atoms with van der Waals surface area (Å²) in [4.78, 5) is 0. The summed E-state index contributed by atoms with van der Waals surface area (Å²) in [6, 6.07) is 7.99. The lowest BCUT2D eigenvalue weighted by Crippen LogP contribution is -2.05. The molecule has 2 rings (SSSR count). The van der Waals surface area contributed by atoms with E-state index in [1.807, 2.05) is 0 Å². The number of ether oxygens (including phenoxy) is 1. The van der Waals surface area contributed by atoms with E-state index < -0.39 is 11.7 Å². The molecule has 0 aromatic heterocycles. The Bertz CT molecular complexity index is 659. The van der Waals surface area contributed by atoms with E-state index in [0.29, 0.717) is 22.8 Å². The van der Waals surface area contributed by atoms with Crippen LogP contribution in [0.3, 0.4) is 0 Å². The SMILES string of the molecule is COc1cc(N)cc(Nc2ccc(C(F)(F)F)cc2Cl)c1. The Kier molecular flexibility index (Phi) is 4.18. The van der Waals surface area contributed by atoms with Crippen LogP contribution >= 0.6 is 11.6 Å². The fourth-order valence-corrected chi connectivity index (χ4v) is 1.99. The zero-order valence-electron chi connectivity index (χ0n) is 11.0. The van der Waals surface area contributed by atoms with E-state index in [1.54, 1.807) is 18.2 Å². The van der Waals surface area contributed by atoms with Crippen LogP contribution < -0.4 is 15.8 Å². The Morgan fingerprint density at radius 1 is 1.14 bits per heavy atom. The highest BCUT2D eigenvalue weighted by atomic mass is 35.5. The number of methoxy groups -OCH3 is 1. The van der Waals surface area contributed by atoms with E-state index in [9.17, 15) is 13.2 Å². The summed E-state index contributed by atoms with van der Waals surface area (Å²) in [5.41, 5.74) is 6.27. The fraction of sp³-hybridized carbons (Fsp3) is 0.143. The molecule has 3 N–H and O–H groups in total. The van der Waals surface area contributed by atoms with Gasteiger partial charge in [0.1, 0.15) is 5.75 Å². The molecule has 2 aromatic carbocycles. The number of benzene rings is 2. The van der Waals surface area contributed by atoms with Crippen LogP contribution in [-0.2, 0) is 6.18 Å². The van der Waals surface area contributed by atoms with E-state index in [2.05, 4.69) is 5.32 Å². The summed E-state index contributed by atoms with van der Waals surface area (Å²) < 4.78 is 42.8. The third-order valence-electron chi connectivity index (χ3n) is 2.74. The number of hydrogen-bond donors (Lipinski definition) is 2. The van der Waals surface area contributed by atoms with Crippen LogP contribution in [0.15, 0.2) is 36.4 Å². The molecule has 0 aliphatic rings. The summed E-state index contributed by atoms with van der Waals surface area (Å²) in [5.74, 6) is 0.528. The minimum atomic E-state index is -4.43. The van der Waals surface area contributed by atoms with Gasteiger partial charge in [0.2, 0.25) is 0 Å². The number of hydrogen-bond acceptors (Lipinski definition) is 3. The molecule has 0 aliphatic heterocycles. The molecule has 0 atom stereocenters. The summed E-state index contributed by atoms with van der Waals surface area (Å²) >= 11 is 5.87. The number of nitrogen functional groups attached to an aromatic ring is 1. The van der Waals surface area contributed by atoms with Gasteiger partial charge in [0.15, 0.2) is 0 Å². The quantitative estimate of drug-likeness (QED) is 0.807. The number of nitrogens with two attached hydrogens (primary N) is 1. The molecule has 0 fully saturated rings. The van der Waals surface area contributed by atoms with Crippen LogP contribution in [0.25, 0.3) is 0 Å². The zero-order valence-corrected chi connectivity index (χ0v) is 11.7. The molecule has 0 aliphatic carbocycles. The zero-order chi connectivity index (χ0) is 15.6. The molecule has 0 spiro atoms. The second kappa shape index (κ2) is 5.73. The van der Waals surface area contributed by atoms with Gasteiger partial charge in [-0.3, -0.25) is 0 Å². The van der Waals surface area contributed by atoms with Crippen molar-refractivity contribution in [1.82, 2.24) is 0 Å². The monoisotopic (exact) mass is 316 g/mol. The molecule has 7 heteroatoms. The highest BCUT2D eigenvalue weighted by Gasteiger charge is 2.30. The summed E-state index contributed by atoms with van der Waals surface area (Å²) in [7, 11) is 1.49. The summed E-state index contributed by atoms with van der Waals surface area (Å²) in [5, 5.41) is 2.87. The van der Waals surface area contributed by atoms with Crippen molar-refractivity contribution in [2.24, 2.45) is 0 Å². The fourth-order valence-electron chi connectivity index (χ4n) is 1.76. The van der Waals surface area contributed by atoms with Crippen LogP contribution in [0.5, 0.6) is 5.75 Å².